The first kappa shape index (κ1) is 24.1. The first-order chi connectivity index (χ1) is 15.4. The molecule has 33 heavy (non-hydrogen) atoms. The number of rotatable bonds is 7. The van der Waals surface area contributed by atoms with Gasteiger partial charge >= 0.3 is 0 Å². The van der Waals surface area contributed by atoms with Crippen molar-refractivity contribution in [3.05, 3.63) is 60.2 Å². The van der Waals surface area contributed by atoms with Gasteiger partial charge in [-0.05, 0) is 61.0 Å². The highest BCUT2D eigenvalue weighted by Crippen LogP contribution is 2.34. The van der Waals surface area contributed by atoms with Crippen LogP contribution in [0.5, 0.6) is 5.75 Å². The van der Waals surface area contributed by atoms with Crippen molar-refractivity contribution in [2.24, 2.45) is 10.2 Å². The number of nitrogens with one attached hydrogen (secondary N) is 1. The van der Waals surface area contributed by atoms with Crippen molar-refractivity contribution in [2.45, 2.75) is 16.7 Å². The SMILES string of the molecule is COc1cc(/N=N\c2ccc(Nc3ccc(S(=O)(=O)O)cc3)cc2S(=O)(=O)O)c(C)cc1N. The number of nitrogens with zero attached hydrogens (tertiary/aromatic N) is 2. The minimum absolute atomic E-state index is 0.111. The molecule has 0 aromatic heterocycles. The van der Waals surface area contributed by atoms with Gasteiger partial charge in [-0.1, -0.05) is 0 Å². The highest BCUT2D eigenvalue weighted by Gasteiger charge is 2.17. The van der Waals surface area contributed by atoms with E-state index in [1.165, 1.54) is 43.5 Å². The lowest BCUT2D eigenvalue weighted by atomic mass is 10.1. The minimum Gasteiger partial charge on any atom is -0.495 e. The van der Waals surface area contributed by atoms with E-state index in [2.05, 4.69) is 15.5 Å². The van der Waals surface area contributed by atoms with Crippen LogP contribution in [0.25, 0.3) is 0 Å². The highest BCUT2D eigenvalue weighted by molar-refractivity contribution is 7.86. The van der Waals surface area contributed by atoms with Crippen molar-refractivity contribution in [3.63, 3.8) is 0 Å². The van der Waals surface area contributed by atoms with E-state index >= 15 is 0 Å². The maximum atomic E-state index is 11.9. The van der Waals surface area contributed by atoms with Crippen LogP contribution in [0.4, 0.5) is 28.4 Å². The number of nitrogen functional groups attached to an aromatic ring is 1. The van der Waals surface area contributed by atoms with E-state index in [4.69, 9.17) is 15.0 Å². The quantitative estimate of drug-likeness (QED) is 0.213. The van der Waals surface area contributed by atoms with Gasteiger partial charge in [-0.3, -0.25) is 9.11 Å². The van der Waals surface area contributed by atoms with Crippen molar-refractivity contribution in [2.75, 3.05) is 18.2 Å². The molecule has 0 aliphatic carbocycles. The normalized spacial score (nSPS) is 12.1. The molecule has 0 bridgehead atoms. The molecule has 3 rings (SSSR count). The Morgan fingerprint density at radius 1 is 0.848 bits per heavy atom. The molecule has 0 atom stereocenters. The summed E-state index contributed by atoms with van der Waals surface area (Å²) >= 11 is 0. The van der Waals surface area contributed by atoms with Gasteiger partial charge in [0.15, 0.2) is 0 Å². The Kier molecular flexibility index (Phi) is 6.69. The number of ether oxygens (including phenoxy) is 1. The van der Waals surface area contributed by atoms with Gasteiger partial charge in [-0.2, -0.15) is 21.9 Å². The average molecular weight is 493 g/mol. The van der Waals surface area contributed by atoms with Gasteiger partial charge < -0.3 is 15.8 Å². The van der Waals surface area contributed by atoms with Crippen molar-refractivity contribution in [1.29, 1.82) is 0 Å². The maximum Gasteiger partial charge on any atom is 0.296 e. The number of nitrogens with two attached hydrogens (primary N) is 1. The third kappa shape index (κ3) is 5.84. The number of methoxy groups -OCH3 is 1. The lowest BCUT2D eigenvalue weighted by Gasteiger charge is -2.10. The molecular formula is C20H20N4O7S2. The van der Waals surface area contributed by atoms with Gasteiger partial charge in [0, 0.05) is 17.4 Å². The summed E-state index contributed by atoms with van der Waals surface area (Å²) in [6.45, 7) is 1.74. The fraction of sp³-hybridized carbons (Fsp3) is 0.100. The Labute approximate surface area is 190 Å². The van der Waals surface area contributed by atoms with Crippen molar-refractivity contribution in [3.8, 4) is 5.75 Å². The van der Waals surface area contributed by atoms with Crippen LogP contribution in [0.1, 0.15) is 5.56 Å². The van der Waals surface area contributed by atoms with E-state index in [-0.39, 0.29) is 16.3 Å². The molecule has 3 aromatic rings. The third-order valence-electron chi connectivity index (χ3n) is 4.49. The average Bonchev–Trinajstić information content (AvgIpc) is 2.73. The van der Waals surface area contributed by atoms with Crippen LogP contribution in [0.3, 0.4) is 0 Å². The number of benzene rings is 3. The van der Waals surface area contributed by atoms with Gasteiger partial charge in [0.1, 0.15) is 16.3 Å². The molecule has 0 saturated carbocycles. The summed E-state index contributed by atoms with van der Waals surface area (Å²) in [6, 6.07) is 12.3. The standard InChI is InChI=1S/C20H20N4O7S2/c1-12-9-16(21)19(31-2)11-18(12)24-23-17-8-5-14(10-20(17)33(28,29)30)22-13-3-6-15(7-4-13)32(25,26)27/h3-11,22H,21H2,1-2H3,(H,25,26,27)(H,28,29,30)/b24-23-. The summed E-state index contributed by atoms with van der Waals surface area (Å²) in [5.74, 6) is 0.379. The van der Waals surface area contributed by atoms with Crippen LogP contribution in [-0.4, -0.2) is 33.1 Å². The topological polar surface area (TPSA) is 181 Å². The zero-order valence-corrected chi connectivity index (χ0v) is 19.1. The molecule has 0 spiro atoms. The molecule has 11 nitrogen and oxygen atoms in total. The lowest BCUT2D eigenvalue weighted by molar-refractivity contribution is 0.417. The molecule has 0 radical (unpaired) electrons. The predicted octanol–water partition coefficient (Wildman–Crippen LogP) is 4.24. The zero-order chi connectivity index (χ0) is 24.4. The summed E-state index contributed by atoms with van der Waals surface area (Å²) in [5.41, 5.74) is 7.88. The fourth-order valence-electron chi connectivity index (χ4n) is 2.85. The molecule has 0 unspecified atom stereocenters. The van der Waals surface area contributed by atoms with E-state index < -0.39 is 25.1 Å². The third-order valence-corrected chi connectivity index (χ3v) is 6.24. The first-order valence-electron chi connectivity index (χ1n) is 9.20. The summed E-state index contributed by atoms with van der Waals surface area (Å²) in [5, 5.41) is 10.9. The van der Waals surface area contributed by atoms with Gasteiger partial charge in [-0.25, -0.2) is 0 Å². The highest BCUT2D eigenvalue weighted by atomic mass is 32.2. The van der Waals surface area contributed by atoms with Gasteiger partial charge in [0.25, 0.3) is 20.2 Å². The van der Waals surface area contributed by atoms with Crippen molar-refractivity contribution < 1.29 is 30.7 Å². The van der Waals surface area contributed by atoms with Crippen molar-refractivity contribution >= 4 is 48.7 Å². The number of hydrogen-bond donors (Lipinski definition) is 4. The second-order valence-corrected chi connectivity index (χ2v) is 9.67. The fourth-order valence-corrected chi connectivity index (χ4v) is 3.98. The Hall–Kier alpha value is -3.52. The number of anilines is 3. The van der Waals surface area contributed by atoms with E-state index in [0.29, 0.717) is 28.4 Å². The maximum absolute atomic E-state index is 11.9. The molecule has 0 aliphatic rings. The molecule has 0 aliphatic heterocycles. The summed E-state index contributed by atoms with van der Waals surface area (Å²) in [6.07, 6.45) is 0. The van der Waals surface area contributed by atoms with Gasteiger partial charge in [0.2, 0.25) is 0 Å². The molecule has 0 fully saturated rings. The second kappa shape index (κ2) is 9.15. The Morgan fingerprint density at radius 2 is 1.45 bits per heavy atom. The number of aryl methyl sites for hydroxylation is 1. The summed E-state index contributed by atoms with van der Waals surface area (Å²) < 4.78 is 70.0. The van der Waals surface area contributed by atoms with E-state index in [9.17, 15) is 21.4 Å². The van der Waals surface area contributed by atoms with Crippen LogP contribution in [0.2, 0.25) is 0 Å². The predicted molar refractivity (Wildman–Crippen MR) is 122 cm³/mol. The Balaban J connectivity index is 1.94. The molecule has 0 heterocycles. The molecule has 3 aromatic carbocycles. The molecule has 5 N–H and O–H groups in total. The van der Waals surface area contributed by atoms with Gasteiger partial charge in [0.05, 0.1) is 23.4 Å². The minimum atomic E-state index is -4.66. The zero-order valence-electron chi connectivity index (χ0n) is 17.4. The largest absolute Gasteiger partial charge is 0.495 e. The smallest absolute Gasteiger partial charge is 0.296 e. The van der Waals surface area contributed by atoms with E-state index in [1.54, 1.807) is 19.1 Å². The number of azo groups is 1. The monoisotopic (exact) mass is 492 g/mol. The lowest BCUT2D eigenvalue weighted by Crippen LogP contribution is -2.01. The molecule has 0 saturated heterocycles. The van der Waals surface area contributed by atoms with Crippen LogP contribution < -0.4 is 15.8 Å². The van der Waals surface area contributed by atoms with Crippen molar-refractivity contribution in [1.82, 2.24) is 0 Å². The van der Waals surface area contributed by atoms with Crippen LogP contribution in [0, 0.1) is 6.92 Å². The Bertz CT molecular complexity index is 1440. The molecule has 174 valence electrons. The van der Waals surface area contributed by atoms with Crippen LogP contribution >= 0.6 is 0 Å². The number of hydrogen-bond acceptors (Lipinski definition) is 9. The molecular weight excluding hydrogens is 472 g/mol. The molecule has 0 amide bonds. The second-order valence-electron chi connectivity index (χ2n) is 6.86. The van der Waals surface area contributed by atoms with E-state index in [1.807, 2.05) is 0 Å². The van der Waals surface area contributed by atoms with E-state index in [0.717, 1.165) is 6.07 Å². The Morgan fingerprint density at radius 3 is 2.03 bits per heavy atom. The summed E-state index contributed by atoms with van der Waals surface area (Å²) in [4.78, 5) is -0.789. The molecule has 13 heteroatoms. The van der Waals surface area contributed by atoms with Crippen LogP contribution in [-0.2, 0) is 20.2 Å². The van der Waals surface area contributed by atoms with Crippen LogP contribution in [0.15, 0.2) is 74.6 Å². The first-order valence-corrected chi connectivity index (χ1v) is 12.1. The summed E-state index contributed by atoms with van der Waals surface area (Å²) in [7, 11) is -7.56. The van der Waals surface area contributed by atoms with Gasteiger partial charge in [-0.15, -0.1) is 5.11 Å².